The van der Waals surface area contributed by atoms with Crippen LogP contribution in [0.4, 0.5) is 10.2 Å². The molecule has 0 saturated carbocycles. The van der Waals surface area contributed by atoms with Gasteiger partial charge in [0.15, 0.2) is 10.9 Å². The van der Waals surface area contributed by atoms with Gasteiger partial charge >= 0.3 is 0 Å². The minimum Gasteiger partial charge on any atom is -0.340 e. The summed E-state index contributed by atoms with van der Waals surface area (Å²) >= 11 is 5.72. The van der Waals surface area contributed by atoms with E-state index in [1.165, 1.54) is 17.2 Å². The minimum absolute atomic E-state index is 0.236. The molecule has 4 rings (SSSR count). The van der Waals surface area contributed by atoms with Crippen LogP contribution in [0, 0.1) is 5.82 Å². The molecule has 3 aromatic carbocycles. The van der Waals surface area contributed by atoms with Crippen molar-refractivity contribution in [3.63, 3.8) is 0 Å². The van der Waals surface area contributed by atoms with E-state index in [9.17, 15) is 4.39 Å². The van der Waals surface area contributed by atoms with Crippen molar-refractivity contribution in [3.8, 4) is 0 Å². The number of thiocarbonyl (C=S) groups is 1. The Bertz CT molecular complexity index is 1090. The van der Waals surface area contributed by atoms with Crippen LogP contribution >= 0.6 is 12.2 Å². The van der Waals surface area contributed by atoms with Gasteiger partial charge in [-0.2, -0.15) is 5.10 Å². The molecule has 0 saturated heterocycles. The van der Waals surface area contributed by atoms with Crippen LogP contribution in [0.15, 0.2) is 97.2 Å². The molecule has 0 aliphatic heterocycles. The number of anilines is 1. The number of rotatable bonds is 7. The molecule has 1 aromatic heterocycles. The van der Waals surface area contributed by atoms with Crippen molar-refractivity contribution >= 4 is 23.1 Å². The standard InChI is InChI=1S/C25H23FN4S/c26-23-14-8-7-13-22(23)19-30-16-15-24(28-30)27-25(31)29(17-20-9-3-1-4-10-20)18-21-11-5-2-6-12-21/h1-16H,17-19H2,(H,27,28,31). The second-order valence-corrected chi connectivity index (χ2v) is 7.63. The third-order valence-electron chi connectivity index (χ3n) is 4.89. The molecule has 0 aliphatic carbocycles. The normalized spacial score (nSPS) is 10.6. The molecule has 4 nitrogen and oxygen atoms in total. The van der Waals surface area contributed by atoms with Crippen LogP contribution in [-0.2, 0) is 19.6 Å². The number of nitrogens with zero attached hydrogens (tertiary/aromatic N) is 3. The predicted octanol–water partition coefficient (Wildman–Crippen LogP) is 5.47. The second kappa shape index (κ2) is 10.00. The molecule has 0 amide bonds. The number of benzene rings is 3. The van der Waals surface area contributed by atoms with Gasteiger partial charge in [0.25, 0.3) is 0 Å². The topological polar surface area (TPSA) is 33.1 Å². The molecule has 0 unspecified atom stereocenters. The highest BCUT2D eigenvalue weighted by Crippen LogP contribution is 2.14. The van der Waals surface area contributed by atoms with Crippen molar-refractivity contribution in [2.24, 2.45) is 0 Å². The number of hydrogen-bond donors (Lipinski definition) is 1. The molecule has 6 heteroatoms. The van der Waals surface area contributed by atoms with Gasteiger partial charge in [0.2, 0.25) is 0 Å². The third-order valence-corrected chi connectivity index (χ3v) is 5.25. The van der Waals surface area contributed by atoms with Crippen molar-refractivity contribution in [1.29, 1.82) is 0 Å². The SMILES string of the molecule is Fc1ccccc1Cn1ccc(NC(=S)N(Cc2ccccc2)Cc2ccccc2)n1. The largest absolute Gasteiger partial charge is 0.340 e. The van der Waals surface area contributed by atoms with Crippen LogP contribution in [0.2, 0.25) is 0 Å². The van der Waals surface area contributed by atoms with Gasteiger partial charge in [-0.3, -0.25) is 4.68 Å². The third kappa shape index (κ3) is 5.77. The summed E-state index contributed by atoms with van der Waals surface area (Å²) in [6.07, 6.45) is 1.82. The lowest BCUT2D eigenvalue weighted by Crippen LogP contribution is -2.34. The maximum absolute atomic E-state index is 13.9. The number of aromatic nitrogens is 2. The average molecular weight is 431 g/mol. The Morgan fingerprint density at radius 3 is 2.03 bits per heavy atom. The van der Waals surface area contributed by atoms with E-state index < -0.39 is 0 Å². The smallest absolute Gasteiger partial charge is 0.175 e. The fourth-order valence-electron chi connectivity index (χ4n) is 3.31. The Morgan fingerprint density at radius 1 is 0.839 bits per heavy atom. The summed E-state index contributed by atoms with van der Waals surface area (Å²) in [6.45, 7) is 1.72. The number of hydrogen-bond acceptors (Lipinski definition) is 2. The van der Waals surface area contributed by atoms with Gasteiger partial charge in [-0.05, 0) is 29.4 Å². The van der Waals surface area contributed by atoms with Crippen LogP contribution in [0.25, 0.3) is 0 Å². The van der Waals surface area contributed by atoms with Crippen LogP contribution in [0.1, 0.15) is 16.7 Å². The Morgan fingerprint density at radius 2 is 1.42 bits per heavy atom. The van der Waals surface area contributed by atoms with Gasteiger partial charge in [0.05, 0.1) is 6.54 Å². The highest BCUT2D eigenvalue weighted by molar-refractivity contribution is 7.80. The highest BCUT2D eigenvalue weighted by Gasteiger charge is 2.13. The summed E-state index contributed by atoms with van der Waals surface area (Å²) in [6, 6.07) is 29.0. The molecule has 31 heavy (non-hydrogen) atoms. The number of halogens is 1. The van der Waals surface area contributed by atoms with E-state index in [-0.39, 0.29) is 5.82 Å². The maximum Gasteiger partial charge on any atom is 0.175 e. The van der Waals surface area contributed by atoms with Crippen molar-refractivity contribution < 1.29 is 4.39 Å². The summed E-state index contributed by atoms with van der Waals surface area (Å²) in [7, 11) is 0. The van der Waals surface area contributed by atoms with E-state index in [2.05, 4.69) is 39.6 Å². The fraction of sp³-hybridized carbons (Fsp3) is 0.120. The van der Waals surface area contributed by atoms with Crippen molar-refractivity contribution in [2.75, 3.05) is 5.32 Å². The van der Waals surface area contributed by atoms with Gasteiger partial charge in [-0.25, -0.2) is 4.39 Å². The first kappa shape index (κ1) is 20.8. The first-order valence-electron chi connectivity index (χ1n) is 10.1. The summed E-state index contributed by atoms with van der Waals surface area (Å²) in [5.41, 5.74) is 2.94. The van der Waals surface area contributed by atoms with Crippen molar-refractivity contribution in [1.82, 2.24) is 14.7 Å². The van der Waals surface area contributed by atoms with Crippen LogP contribution in [0.5, 0.6) is 0 Å². The number of nitrogens with one attached hydrogen (secondary N) is 1. The summed E-state index contributed by atoms with van der Waals surface area (Å²) in [5, 5.41) is 8.33. The summed E-state index contributed by atoms with van der Waals surface area (Å²) in [4.78, 5) is 2.11. The molecule has 0 aliphatic rings. The highest BCUT2D eigenvalue weighted by atomic mass is 32.1. The Balaban J connectivity index is 1.46. The lowest BCUT2D eigenvalue weighted by atomic mass is 10.2. The first-order valence-corrected chi connectivity index (χ1v) is 10.5. The monoisotopic (exact) mass is 430 g/mol. The first-order chi connectivity index (χ1) is 15.2. The van der Waals surface area contributed by atoms with E-state index in [0.717, 1.165) is 0 Å². The van der Waals surface area contributed by atoms with Gasteiger partial charge < -0.3 is 10.2 Å². The molecule has 156 valence electrons. The molecule has 0 bridgehead atoms. The molecule has 0 spiro atoms. The van der Waals surface area contributed by atoms with E-state index in [0.29, 0.717) is 36.1 Å². The van der Waals surface area contributed by atoms with Gasteiger partial charge in [0, 0.05) is 30.9 Å². The average Bonchev–Trinajstić information content (AvgIpc) is 3.23. The van der Waals surface area contributed by atoms with Gasteiger partial charge in [-0.1, -0.05) is 78.9 Å². The van der Waals surface area contributed by atoms with E-state index in [1.807, 2.05) is 54.7 Å². The van der Waals surface area contributed by atoms with Crippen molar-refractivity contribution in [2.45, 2.75) is 19.6 Å². The zero-order valence-electron chi connectivity index (χ0n) is 17.0. The summed E-state index contributed by atoms with van der Waals surface area (Å²) in [5.74, 6) is 0.396. The zero-order valence-corrected chi connectivity index (χ0v) is 17.8. The van der Waals surface area contributed by atoms with E-state index >= 15 is 0 Å². The second-order valence-electron chi connectivity index (χ2n) is 7.25. The van der Waals surface area contributed by atoms with Gasteiger partial charge in [-0.15, -0.1) is 0 Å². The molecule has 0 radical (unpaired) electrons. The van der Waals surface area contributed by atoms with Gasteiger partial charge in [0.1, 0.15) is 5.82 Å². The Hall–Kier alpha value is -3.51. The molecule has 1 heterocycles. The molecule has 1 N–H and O–H groups in total. The lowest BCUT2D eigenvalue weighted by molar-refractivity contribution is 0.412. The quantitative estimate of drug-likeness (QED) is 0.394. The molecule has 0 atom stereocenters. The van der Waals surface area contributed by atoms with Crippen LogP contribution in [-0.4, -0.2) is 19.8 Å². The fourth-order valence-corrected chi connectivity index (χ4v) is 3.55. The Labute approximate surface area is 187 Å². The maximum atomic E-state index is 13.9. The molecular formula is C25H23FN4S. The molecule has 0 fully saturated rings. The predicted molar refractivity (Wildman–Crippen MR) is 126 cm³/mol. The zero-order chi connectivity index (χ0) is 21.5. The van der Waals surface area contributed by atoms with E-state index in [4.69, 9.17) is 12.2 Å². The van der Waals surface area contributed by atoms with Crippen LogP contribution in [0.3, 0.4) is 0 Å². The Kier molecular flexibility index (Phi) is 6.69. The summed E-state index contributed by atoms with van der Waals surface area (Å²) < 4.78 is 15.6. The molecule has 4 aromatic rings. The lowest BCUT2D eigenvalue weighted by Gasteiger charge is -2.25. The minimum atomic E-state index is -0.236. The van der Waals surface area contributed by atoms with E-state index in [1.54, 1.807) is 16.8 Å². The van der Waals surface area contributed by atoms with Crippen LogP contribution < -0.4 is 5.32 Å². The van der Waals surface area contributed by atoms with Crippen molar-refractivity contribution in [3.05, 3.63) is 120 Å². The molecular weight excluding hydrogens is 407 g/mol.